The van der Waals surface area contributed by atoms with Crippen LogP contribution < -0.4 is 5.73 Å². The van der Waals surface area contributed by atoms with Gasteiger partial charge in [0.2, 0.25) is 0 Å². The zero-order valence-electron chi connectivity index (χ0n) is 9.45. The summed E-state index contributed by atoms with van der Waals surface area (Å²) in [7, 11) is 0. The standard InChI is InChI=1S/C12H13ClFN3/c1-8-11(13)7-17(16-8)6-9-2-3-12(14)10(4-9)5-15/h2-4,7H,5-6,15H2,1H3. The van der Waals surface area contributed by atoms with Gasteiger partial charge in [0.15, 0.2) is 0 Å². The van der Waals surface area contributed by atoms with E-state index in [1.54, 1.807) is 23.0 Å². The molecule has 0 saturated carbocycles. The highest BCUT2D eigenvalue weighted by molar-refractivity contribution is 6.31. The van der Waals surface area contributed by atoms with E-state index >= 15 is 0 Å². The van der Waals surface area contributed by atoms with Gasteiger partial charge in [-0.2, -0.15) is 5.10 Å². The first-order valence-electron chi connectivity index (χ1n) is 5.27. The van der Waals surface area contributed by atoms with Crippen molar-refractivity contribution in [3.8, 4) is 0 Å². The number of nitrogens with two attached hydrogens (primary N) is 1. The van der Waals surface area contributed by atoms with Crippen LogP contribution in [0.2, 0.25) is 5.02 Å². The van der Waals surface area contributed by atoms with Crippen LogP contribution in [0.3, 0.4) is 0 Å². The third-order valence-electron chi connectivity index (χ3n) is 2.56. The maximum Gasteiger partial charge on any atom is 0.127 e. The Bertz CT molecular complexity index is 517. The van der Waals surface area contributed by atoms with Gasteiger partial charge in [0.25, 0.3) is 0 Å². The molecule has 0 aliphatic rings. The normalized spacial score (nSPS) is 10.8. The second kappa shape index (κ2) is 4.85. The molecule has 17 heavy (non-hydrogen) atoms. The van der Waals surface area contributed by atoms with Crippen LogP contribution in [0.25, 0.3) is 0 Å². The van der Waals surface area contributed by atoms with Crippen LogP contribution in [-0.4, -0.2) is 9.78 Å². The highest BCUT2D eigenvalue weighted by Crippen LogP contribution is 2.15. The van der Waals surface area contributed by atoms with Gasteiger partial charge in [0.05, 0.1) is 17.3 Å². The van der Waals surface area contributed by atoms with Gasteiger partial charge in [-0.05, 0) is 24.6 Å². The van der Waals surface area contributed by atoms with E-state index in [1.165, 1.54) is 6.07 Å². The van der Waals surface area contributed by atoms with E-state index in [4.69, 9.17) is 17.3 Å². The van der Waals surface area contributed by atoms with E-state index < -0.39 is 0 Å². The third kappa shape index (κ3) is 2.65. The molecule has 0 amide bonds. The summed E-state index contributed by atoms with van der Waals surface area (Å²) in [4.78, 5) is 0. The van der Waals surface area contributed by atoms with E-state index in [1.807, 2.05) is 6.92 Å². The average Bonchev–Trinajstić information content (AvgIpc) is 2.61. The monoisotopic (exact) mass is 253 g/mol. The van der Waals surface area contributed by atoms with E-state index in [2.05, 4.69) is 5.10 Å². The fraction of sp³-hybridized carbons (Fsp3) is 0.250. The zero-order chi connectivity index (χ0) is 12.4. The van der Waals surface area contributed by atoms with Crippen molar-refractivity contribution in [2.75, 3.05) is 0 Å². The minimum absolute atomic E-state index is 0.193. The summed E-state index contributed by atoms with van der Waals surface area (Å²) in [5.41, 5.74) is 7.70. The van der Waals surface area contributed by atoms with Crippen molar-refractivity contribution in [3.05, 3.63) is 52.1 Å². The largest absolute Gasteiger partial charge is 0.326 e. The van der Waals surface area contributed by atoms with Crippen molar-refractivity contribution in [1.82, 2.24) is 9.78 Å². The van der Waals surface area contributed by atoms with E-state index in [0.29, 0.717) is 17.1 Å². The first kappa shape index (κ1) is 12.1. The molecule has 0 unspecified atom stereocenters. The molecule has 0 saturated heterocycles. The number of aryl methyl sites for hydroxylation is 1. The summed E-state index contributed by atoms with van der Waals surface area (Å²) in [6.45, 7) is 2.59. The van der Waals surface area contributed by atoms with Crippen LogP contribution in [0, 0.1) is 12.7 Å². The summed E-state index contributed by atoms with van der Waals surface area (Å²) in [6, 6.07) is 4.90. The Balaban J connectivity index is 2.24. The third-order valence-corrected chi connectivity index (χ3v) is 2.93. The molecule has 0 spiro atoms. The Hall–Kier alpha value is -1.39. The van der Waals surface area contributed by atoms with Crippen LogP contribution in [0.5, 0.6) is 0 Å². The van der Waals surface area contributed by atoms with E-state index in [-0.39, 0.29) is 12.4 Å². The Morgan fingerprint density at radius 2 is 2.24 bits per heavy atom. The van der Waals surface area contributed by atoms with Crippen molar-refractivity contribution >= 4 is 11.6 Å². The number of halogens is 2. The number of benzene rings is 1. The highest BCUT2D eigenvalue weighted by Gasteiger charge is 2.05. The van der Waals surface area contributed by atoms with Gasteiger partial charge in [0, 0.05) is 18.3 Å². The molecule has 90 valence electrons. The van der Waals surface area contributed by atoms with Crippen molar-refractivity contribution in [1.29, 1.82) is 0 Å². The number of hydrogen-bond donors (Lipinski definition) is 1. The highest BCUT2D eigenvalue weighted by atomic mass is 35.5. The van der Waals surface area contributed by atoms with Crippen molar-refractivity contribution in [2.24, 2.45) is 5.73 Å². The lowest BCUT2D eigenvalue weighted by Crippen LogP contribution is -2.04. The lowest BCUT2D eigenvalue weighted by atomic mass is 10.1. The maximum atomic E-state index is 13.3. The minimum atomic E-state index is -0.272. The summed E-state index contributed by atoms with van der Waals surface area (Å²) in [5.74, 6) is -0.272. The molecule has 1 heterocycles. The molecule has 2 aromatic rings. The van der Waals surface area contributed by atoms with Crippen molar-refractivity contribution in [3.63, 3.8) is 0 Å². The number of hydrogen-bond acceptors (Lipinski definition) is 2. The molecule has 2 rings (SSSR count). The lowest BCUT2D eigenvalue weighted by molar-refractivity contribution is 0.607. The Kier molecular flexibility index (Phi) is 3.45. The van der Waals surface area contributed by atoms with Crippen LogP contribution in [-0.2, 0) is 13.1 Å². The van der Waals surface area contributed by atoms with E-state index in [9.17, 15) is 4.39 Å². The van der Waals surface area contributed by atoms with Crippen molar-refractivity contribution in [2.45, 2.75) is 20.0 Å². The molecule has 0 atom stereocenters. The van der Waals surface area contributed by atoms with Gasteiger partial charge in [-0.15, -0.1) is 0 Å². The number of nitrogens with zero attached hydrogens (tertiary/aromatic N) is 2. The fourth-order valence-corrected chi connectivity index (χ4v) is 1.79. The first-order chi connectivity index (χ1) is 8.10. The van der Waals surface area contributed by atoms with E-state index in [0.717, 1.165) is 11.3 Å². The summed E-state index contributed by atoms with van der Waals surface area (Å²) < 4.78 is 15.0. The average molecular weight is 254 g/mol. The summed E-state index contributed by atoms with van der Waals surface area (Å²) in [5, 5.41) is 4.87. The Morgan fingerprint density at radius 1 is 1.47 bits per heavy atom. The van der Waals surface area contributed by atoms with Crippen LogP contribution in [0.1, 0.15) is 16.8 Å². The molecule has 1 aromatic carbocycles. The Morgan fingerprint density at radius 3 is 2.82 bits per heavy atom. The van der Waals surface area contributed by atoms with Crippen LogP contribution in [0.15, 0.2) is 24.4 Å². The fourth-order valence-electron chi connectivity index (χ4n) is 1.64. The zero-order valence-corrected chi connectivity index (χ0v) is 10.2. The van der Waals surface area contributed by atoms with Crippen LogP contribution in [0.4, 0.5) is 4.39 Å². The molecule has 0 aliphatic heterocycles. The molecule has 5 heteroatoms. The smallest absolute Gasteiger partial charge is 0.127 e. The SMILES string of the molecule is Cc1nn(Cc2ccc(F)c(CN)c2)cc1Cl. The maximum absolute atomic E-state index is 13.3. The molecule has 3 nitrogen and oxygen atoms in total. The molecule has 0 aliphatic carbocycles. The van der Waals surface area contributed by atoms with Crippen LogP contribution >= 0.6 is 11.6 Å². The van der Waals surface area contributed by atoms with Gasteiger partial charge in [-0.3, -0.25) is 4.68 Å². The molecule has 0 bridgehead atoms. The van der Waals surface area contributed by atoms with Gasteiger partial charge in [0.1, 0.15) is 5.82 Å². The summed E-state index contributed by atoms with van der Waals surface area (Å²) >= 11 is 5.92. The molecular weight excluding hydrogens is 241 g/mol. The first-order valence-corrected chi connectivity index (χ1v) is 5.65. The predicted molar refractivity (Wildman–Crippen MR) is 65.4 cm³/mol. The van der Waals surface area contributed by atoms with Crippen molar-refractivity contribution < 1.29 is 4.39 Å². The number of rotatable bonds is 3. The van der Waals surface area contributed by atoms with Gasteiger partial charge >= 0.3 is 0 Å². The number of aromatic nitrogens is 2. The topological polar surface area (TPSA) is 43.8 Å². The Labute approximate surface area is 104 Å². The van der Waals surface area contributed by atoms with Gasteiger partial charge < -0.3 is 5.73 Å². The molecular formula is C12H13ClFN3. The second-order valence-corrected chi connectivity index (χ2v) is 4.30. The summed E-state index contributed by atoms with van der Waals surface area (Å²) in [6.07, 6.45) is 1.75. The second-order valence-electron chi connectivity index (χ2n) is 3.89. The molecule has 1 aromatic heterocycles. The molecule has 2 N–H and O–H groups in total. The lowest BCUT2D eigenvalue weighted by Gasteiger charge is -2.05. The predicted octanol–water partition coefficient (Wildman–Crippen LogP) is 2.49. The van der Waals surface area contributed by atoms with Gasteiger partial charge in [-0.1, -0.05) is 17.7 Å². The quantitative estimate of drug-likeness (QED) is 0.913. The molecule has 0 fully saturated rings. The van der Waals surface area contributed by atoms with Gasteiger partial charge in [-0.25, -0.2) is 4.39 Å². The minimum Gasteiger partial charge on any atom is -0.326 e. The molecule has 0 radical (unpaired) electrons.